The molecule has 27 heavy (non-hydrogen) atoms. The third-order valence-corrected chi connectivity index (χ3v) is 4.26. The maximum atomic E-state index is 12.7. The van der Waals surface area contributed by atoms with E-state index >= 15 is 0 Å². The minimum atomic E-state index is -0.539. The van der Waals surface area contributed by atoms with Gasteiger partial charge in [0.05, 0.1) is 35.2 Å². The molecule has 3 aromatic rings. The highest BCUT2D eigenvalue weighted by Gasteiger charge is 2.18. The van der Waals surface area contributed by atoms with Gasteiger partial charge in [-0.15, -0.1) is 0 Å². The Labute approximate surface area is 160 Å². The van der Waals surface area contributed by atoms with Crippen LogP contribution in [0.1, 0.15) is 33.3 Å². The van der Waals surface area contributed by atoms with E-state index in [2.05, 4.69) is 20.1 Å². The average molecular weight is 385 g/mol. The summed E-state index contributed by atoms with van der Waals surface area (Å²) in [6.07, 6.45) is 3.77. The van der Waals surface area contributed by atoms with Crippen LogP contribution in [0.15, 0.2) is 48.8 Å². The highest BCUT2D eigenvalue weighted by atomic mass is 35.5. The molecule has 2 heterocycles. The molecule has 0 atom stereocenters. The third-order valence-electron chi connectivity index (χ3n) is 3.95. The Kier molecular flexibility index (Phi) is 5.52. The Balaban J connectivity index is 1.86. The molecule has 0 aliphatic carbocycles. The van der Waals surface area contributed by atoms with Gasteiger partial charge in [-0.1, -0.05) is 24.6 Å². The van der Waals surface area contributed by atoms with Crippen LogP contribution in [0.4, 0.5) is 5.69 Å². The summed E-state index contributed by atoms with van der Waals surface area (Å²) in [6, 6.07) is 10.1. The van der Waals surface area contributed by atoms with Gasteiger partial charge in [-0.05, 0) is 36.8 Å². The fraction of sp³-hybridized carbons (Fsp3) is 0.158. The van der Waals surface area contributed by atoms with E-state index in [4.69, 9.17) is 11.6 Å². The number of carbonyl (C=O) groups excluding carboxylic acids is 2. The largest absolute Gasteiger partial charge is 0.465 e. The van der Waals surface area contributed by atoms with Crippen LogP contribution in [0.2, 0.25) is 5.02 Å². The van der Waals surface area contributed by atoms with E-state index in [-0.39, 0.29) is 16.5 Å². The lowest BCUT2D eigenvalue weighted by atomic mass is 10.1. The zero-order chi connectivity index (χ0) is 19.4. The van der Waals surface area contributed by atoms with Gasteiger partial charge < -0.3 is 10.1 Å². The van der Waals surface area contributed by atoms with Crippen molar-refractivity contribution in [3.63, 3.8) is 0 Å². The van der Waals surface area contributed by atoms with Gasteiger partial charge >= 0.3 is 5.97 Å². The Bertz CT molecular complexity index is 986. The molecule has 0 saturated heterocycles. The fourth-order valence-corrected chi connectivity index (χ4v) is 2.90. The molecule has 7 nitrogen and oxygen atoms in total. The first-order chi connectivity index (χ1) is 13.0. The van der Waals surface area contributed by atoms with Gasteiger partial charge in [-0.2, -0.15) is 5.10 Å². The lowest BCUT2D eigenvalue weighted by Crippen LogP contribution is -2.15. The summed E-state index contributed by atoms with van der Waals surface area (Å²) in [5.74, 6) is -0.224. The van der Waals surface area contributed by atoms with Crippen molar-refractivity contribution < 1.29 is 14.3 Å². The molecule has 1 aromatic carbocycles. The molecule has 0 radical (unpaired) electrons. The maximum absolute atomic E-state index is 12.7. The number of esters is 1. The SMILES string of the molecule is CCc1c(C(=O)Nc2ccc(C(=O)OC)c(Cl)c2)cnn1-c1ccccn1. The number of amides is 1. The lowest BCUT2D eigenvalue weighted by Gasteiger charge is -2.09. The second kappa shape index (κ2) is 8.01. The van der Waals surface area contributed by atoms with Gasteiger partial charge in [0.1, 0.15) is 0 Å². The van der Waals surface area contributed by atoms with Crippen molar-refractivity contribution in [3.05, 3.63) is 70.6 Å². The Hall–Kier alpha value is -3.19. The van der Waals surface area contributed by atoms with Gasteiger partial charge in [-0.3, -0.25) is 4.79 Å². The van der Waals surface area contributed by atoms with Crippen LogP contribution in [-0.4, -0.2) is 33.8 Å². The second-order valence-corrected chi connectivity index (χ2v) is 6.01. The predicted octanol–water partition coefficient (Wildman–Crippen LogP) is 3.52. The van der Waals surface area contributed by atoms with E-state index in [9.17, 15) is 9.59 Å². The van der Waals surface area contributed by atoms with Crippen LogP contribution in [0.25, 0.3) is 5.82 Å². The zero-order valence-electron chi connectivity index (χ0n) is 14.8. The van der Waals surface area contributed by atoms with Crippen LogP contribution in [0.3, 0.4) is 0 Å². The van der Waals surface area contributed by atoms with Crippen LogP contribution < -0.4 is 5.32 Å². The van der Waals surface area contributed by atoms with Crippen LogP contribution >= 0.6 is 11.6 Å². The molecule has 0 aliphatic heterocycles. The number of pyridine rings is 1. The number of carbonyl (C=O) groups is 2. The molecular weight excluding hydrogens is 368 g/mol. The van der Waals surface area contributed by atoms with Crippen LogP contribution in [-0.2, 0) is 11.2 Å². The smallest absolute Gasteiger partial charge is 0.339 e. The summed E-state index contributed by atoms with van der Waals surface area (Å²) in [5, 5.41) is 7.26. The van der Waals surface area contributed by atoms with Gasteiger partial charge in [0, 0.05) is 11.9 Å². The summed E-state index contributed by atoms with van der Waals surface area (Å²) in [5.41, 5.74) is 1.87. The van der Waals surface area contributed by atoms with Gasteiger partial charge in [-0.25, -0.2) is 14.5 Å². The number of aromatic nitrogens is 3. The van der Waals surface area contributed by atoms with E-state index in [1.54, 1.807) is 16.9 Å². The van der Waals surface area contributed by atoms with Crippen LogP contribution in [0, 0.1) is 0 Å². The fourth-order valence-electron chi connectivity index (χ4n) is 2.65. The number of methoxy groups -OCH3 is 1. The van der Waals surface area contributed by atoms with Crippen LogP contribution in [0.5, 0.6) is 0 Å². The quantitative estimate of drug-likeness (QED) is 0.680. The van der Waals surface area contributed by atoms with Crippen molar-refractivity contribution in [2.75, 3.05) is 12.4 Å². The summed E-state index contributed by atoms with van der Waals surface area (Å²) in [4.78, 5) is 28.6. The monoisotopic (exact) mass is 384 g/mol. The molecule has 1 N–H and O–H groups in total. The van der Waals surface area contributed by atoms with E-state index < -0.39 is 5.97 Å². The van der Waals surface area contributed by atoms with E-state index in [1.807, 2.05) is 25.1 Å². The summed E-state index contributed by atoms with van der Waals surface area (Å²) in [6.45, 7) is 1.94. The maximum Gasteiger partial charge on any atom is 0.339 e. The predicted molar refractivity (Wildman–Crippen MR) is 101 cm³/mol. The number of anilines is 1. The molecule has 3 rings (SSSR count). The first-order valence-electron chi connectivity index (χ1n) is 8.22. The first kappa shape index (κ1) is 18.6. The topological polar surface area (TPSA) is 86.1 Å². The number of hydrogen-bond acceptors (Lipinski definition) is 5. The Morgan fingerprint density at radius 1 is 1.22 bits per heavy atom. The molecule has 1 amide bonds. The van der Waals surface area contributed by atoms with Gasteiger partial charge in [0.25, 0.3) is 5.91 Å². The molecule has 0 bridgehead atoms. The number of benzene rings is 1. The van der Waals surface area contributed by atoms with Crippen molar-refractivity contribution in [1.29, 1.82) is 0 Å². The highest BCUT2D eigenvalue weighted by molar-refractivity contribution is 6.34. The highest BCUT2D eigenvalue weighted by Crippen LogP contribution is 2.23. The van der Waals surface area contributed by atoms with E-state index in [0.717, 1.165) is 5.69 Å². The zero-order valence-corrected chi connectivity index (χ0v) is 15.5. The first-order valence-corrected chi connectivity index (χ1v) is 8.60. The molecule has 8 heteroatoms. The number of ether oxygens (including phenoxy) is 1. The standard InChI is InChI=1S/C19H17ClN4O3/c1-3-16-14(11-22-24(16)17-6-4-5-9-21-17)18(25)23-12-7-8-13(15(20)10-12)19(26)27-2/h4-11H,3H2,1-2H3,(H,23,25). The van der Waals surface area contributed by atoms with Gasteiger partial charge in [0.2, 0.25) is 0 Å². The molecule has 138 valence electrons. The van der Waals surface area contributed by atoms with Crippen molar-refractivity contribution >= 4 is 29.2 Å². The minimum absolute atomic E-state index is 0.194. The lowest BCUT2D eigenvalue weighted by molar-refractivity contribution is 0.0601. The molecular formula is C19H17ClN4O3. The molecule has 2 aromatic heterocycles. The third kappa shape index (κ3) is 3.83. The summed E-state index contributed by atoms with van der Waals surface area (Å²) < 4.78 is 6.30. The summed E-state index contributed by atoms with van der Waals surface area (Å²) in [7, 11) is 1.28. The molecule has 0 spiro atoms. The molecule has 0 saturated carbocycles. The normalized spacial score (nSPS) is 10.5. The molecule has 0 aliphatic rings. The minimum Gasteiger partial charge on any atom is -0.465 e. The number of halogens is 1. The number of nitrogens with zero attached hydrogens (tertiary/aromatic N) is 3. The second-order valence-electron chi connectivity index (χ2n) is 5.60. The Morgan fingerprint density at radius 2 is 2.04 bits per heavy atom. The average Bonchev–Trinajstić information content (AvgIpc) is 3.12. The van der Waals surface area contributed by atoms with Crippen molar-refractivity contribution in [2.45, 2.75) is 13.3 Å². The number of nitrogens with one attached hydrogen (secondary N) is 1. The Morgan fingerprint density at radius 3 is 2.67 bits per heavy atom. The van der Waals surface area contributed by atoms with E-state index in [1.165, 1.54) is 25.4 Å². The number of rotatable bonds is 5. The molecule has 0 unspecified atom stereocenters. The van der Waals surface area contributed by atoms with Crippen molar-refractivity contribution in [3.8, 4) is 5.82 Å². The summed E-state index contributed by atoms with van der Waals surface area (Å²) >= 11 is 6.10. The van der Waals surface area contributed by atoms with Crippen molar-refractivity contribution in [2.24, 2.45) is 0 Å². The van der Waals surface area contributed by atoms with Gasteiger partial charge in [0.15, 0.2) is 5.82 Å². The van der Waals surface area contributed by atoms with E-state index in [0.29, 0.717) is 23.5 Å². The number of hydrogen-bond donors (Lipinski definition) is 1. The molecule has 0 fully saturated rings. The van der Waals surface area contributed by atoms with Crippen molar-refractivity contribution in [1.82, 2.24) is 14.8 Å².